The van der Waals surface area contributed by atoms with E-state index in [0.29, 0.717) is 6.54 Å². The van der Waals surface area contributed by atoms with Crippen LogP contribution in [0.2, 0.25) is 0 Å². The van der Waals surface area contributed by atoms with Crippen molar-refractivity contribution in [1.29, 1.82) is 0 Å². The molecule has 1 aliphatic heterocycles. The highest BCUT2D eigenvalue weighted by molar-refractivity contribution is 5.73. The lowest BCUT2D eigenvalue weighted by Crippen LogP contribution is -2.19. The fourth-order valence-electron chi connectivity index (χ4n) is 2.60. The van der Waals surface area contributed by atoms with Gasteiger partial charge in [-0.1, -0.05) is 18.2 Å². The number of rotatable bonds is 1. The maximum absolute atomic E-state index is 13.2. The van der Waals surface area contributed by atoms with Crippen LogP contribution in [0.15, 0.2) is 42.5 Å². The molecule has 0 amide bonds. The van der Waals surface area contributed by atoms with Gasteiger partial charge in [0.05, 0.1) is 11.3 Å². The van der Waals surface area contributed by atoms with Crippen molar-refractivity contribution in [3.8, 4) is 0 Å². The summed E-state index contributed by atoms with van der Waals surface area (Å²) >= 11 is 0. The van der Waals surface area contributed by atoms with Crippen LogP contribution in [0, 0.1) is 0 Å². The van der Waals surface area contributed by atoms with Crippen molar-refractivity contribution in [2.75, 3.05) is 17.2 Å². The van der Waals surface area contributed by atoms with Crippen LogP contribution in [-0.2, 0) is 12.6 Å². The van der Waals surface area contributed by atoms with E-state index in [9.17, 15) is 13.2 Å². The Hall–Kier alpha value is -2.17. The van der Waals surface area contributed by atoms with Gasteiger partial charge in [-0.25, -0.2) is 0 Å². The largest absolute Gasteiger partial charge is 0.418 e. The molecule has 2 aromatic rings. The van der Waals surface area contributed by atoms with Gasteiger partial charge in [-0.05, 0) is 36.2 Å². The maximum atomic E-state index is 13.2. The Kier molecular flexibility index (Phi) is 2.85. The average Bonchev–Trinajstić information content (AvgIpc) is 2.81. The molecule has 0 atom stereocenters. The highest BCUT2D eigenvalue weighted by Crippen LogP contribution is 2.42. The molecule has 0 spiro atoms. The van der Waals surface area contributed by atoms with Crippen LogP contribution in [0.5, 0.6) is 0 Å². The summed E-state index contributed by atoms with van der Waals surface area (Å²) in [7, 11) is 0. The van der Waals surface area contributed by atoms with E-state index in [1.807, 2.05) is 24.3 Å². The predicted molar refractivity (Wildman–Crippen MR) is 73.0 cm³/mol. The van der Waals surface area contributed by atoms with Gasteiger partial charge in [-0.2, -0.15) is 13.2 Å². The molecule has 0 saturated heterocycles. The fourth-order valence-corrected chi connectivity index (χ4v) is 2.60. The molecule has 0 fully saturated rings. The first-order valence-electron chi connectivity index (χ1n) is 6.29. The Balaban J connectivity index is 2.13. The summed E-state index contributed by atoms with van der Waals surface area (Å²) in [5, 5.41) is 0. The lowest BCUT2D eigenvalue weighted by atomic mass is 10.1. The van der Waals surface area contributed by atoms with Crippen molar-refractivity contribution in [1.82, 2.24) is 0 Å². The first-order valence-corrected chi connectivity index (χ1v) is 6.29. The van der Waals surface area contributed by atoms with Crippen LogP contribution in [0.4, 0.5) is 30.2 Å². The number of nitrogens with zero attached hydrogens (tertiary/aromatic N) is 1. The van der Waals surface area contributed by atoms with Gasteiger partial charge in [0.25, 0.3) is 0 Å². The molecule has 2 N–H and O–H groups in total. The highest BCUT2D eigenvalue weighted by Gasteiger charge is 2.36. The molecule has 0 unspecified atom stereocenters. The zero-order valence-corrected chi connectivity index (χ0v) is 10.6. The summed E-state index contributed by atoms with van der Waals surface area (Å²) in [4.78, 5) is 1.71. The van der Waals surface area contributed by atoms with Gasteiger partial charge in [0.15, 0.2) is 0 Å². The number of nitrogens with two attached hydrogens (primary N) is 1. The Morgan fingerprint density at radius 1 is 1.00 bits per heavy atom. The molecule has 3 rings (SSSR count). The van der Waals surface area contributed by atoms with E-state index >= 15 is 0 Å². The summed E-state index contributed by atoms with van der Waals surface area (Å²) in [5.74, 6) is 0. The zero-order chi connectivity index (χ0) is 14.3. The van der Waals surface area contributed by atoms with Gasteiger partial charge in [0.2, 0.25) is 0 Å². The number of halogens is 3. The van der Waals surface area contributed by atoms with E-state index < -0.39 is 11.7 Å². The van der Waals surface area contributed by atoms with Crippen LogP contribution >= 0.6 is 0 Å². The average molecular weight is 278 g/mol. The van der Waals surface area contributed by atoms with Gasteiger partial charge >= 0.3 is 6.18 Å². The monoisotopic (exact) mass is 278 g/mol. The maximum Gasteiger partial charge on any atom is 0.418 e. The van der Waals surface area contributed by atoms with Gasteiger partial charge in [-0.15, -0.1) is 0 Å². The highest BCUT2D eigenvalue weighted by atomic mass is 19.4. The lowest BCUT2D eigenvalue weighted by molar-refractivity contribution is -0.137. The molecular weight excluding hydrogens is 265 g/mol. The number of nitrogen functional groups attached to an aromatic ring is 1. The Morgan fingerprint density at radius 3 is 2.50 bits per heavy atom. The van der Waals surface area contributed by atoms with E-state index in [4.69, 9.17) is 5.73 Å². The van der Waals surface area contributed by atoms with Gasteiger partial charge in [0, 0.05) is 17.9 Å². The summed E-state index contributed by atoms with van der Waals surface area (Å²) < 4.78 is 39.5. The van der Waals surface area contributed by atoms with Crippen LogP contribution in [-0.4, -0.2) is 6.54 Å². The van der Waals surface area contributed by atoms with E-state index in [2.05, 4.69) is 0 Å². The van der Waals surface area contributed by atoms with Crippen LogP contribution in [0.1, 0.15) is 11.1 Å². The number of para-hydroxylation sites is 1. The SMILES string of the molecule is Nc1ccc(N2CCc3ccccc32)c(C(F)(F)F)c1. The summed E-state index contributed by atoms with van der Waals surface area (Å²) in [6.45, 7) is 0.548. The number of fused-ring (bicyclic) bond motifs is 1. The van der Waals surface area contributed by atoms with Crippen LogP contribution in [0.25, 0.3) is 0 Å². The molecule has 104 valence electrons. The van der Waals surface area contributed by atoms with Gasteiger partial charge in [-0.3, -0.25) is 0 Å². The van der Waals surface area contributed by atoms with E-state index in [1.54, 1.807) is 4.90 Å². The first-order chi connectivity index (χ1) is 9.47. The smallest absolute Gasteiger partial charge is 0.399 e. The third-order valence-electron chi connectivity index (χ3n) is 3.50. The number of hydrogen-bond acceptors (Lipinski definition) is 2. The van der Waals surface area contributed by atoms with Crippen molar-refractivity contribution in [2.45, 2.75) is 12.6 Å². The number of anilines is 3. The molecule has 1 aliphatic rings. The normalized spacial score (nSPS) is 14.4. The predicted octanol–water partition coefficient (Wildman–Crippen LogP) is 3.98. The third-order valence-corrected chi connectivity index (χ3v) is 3.50. The Morgan fingerprint density at radius 2 is 1.75 bits per heavy atom. The number of hydrogen-bond donors (Lipinski definition) is 1. The molecule has 20 heavy (non-hydrogen) atoms. The molecule has 0 saturated carbocycles. The zero-order valence-electron chi connectivity index (χ0n) is 10.6. The van der Waals surface area contributed by atoms with Crippen molar-refractivity contribution >= 4 is 17.1 Å². The second-order valence-electron chi connectivity index (χ2n) is 4.80. The summed E-state index contributed by atoms with van der Waals surface area (Å²) in [6.07, 6.45) is -3.67. The molecule has 0 radical (unpaired) electrons. The standard InChI is InChI=1S/C15H13F3N2/c16-15(17,18)12-9-11(19)5-6-14(12)20-8-7-10-3-1-2-4-13(10)20/h1-6,9H,7-8,19H2. The van der Waals surface area contributed by atoms with Crippen LogP contribution < -0.4 is 10.6 Å². The molecule has 1 heterocycles. The van der Waals surface area contributed by atoms with Crippen molar-refractivity contribution < 1.29 is 13.2 Å². The minimum atomic E-state index is -4.41. The summed E-state index contributed by atoms with van der Waals surface area (Å²) in [6, 6.07) is 11.5. The van der Waals surface area contributed by atoms with E-state index in [0.717, 1.165) is 23.7 Å². The quantitative estimate of drug-likeness (QED) is 0.799. The molecular formula is C15H13F3N2. The molecule has 5 heteroatoms. The third kappa shape index (κ3) is 2.09. The van der Waals surface area contributed by atoms with Gasteiger partial charge < -0.3 is 10.6 Å². The van der Waals surface area contributed by atoms with Crippen molar-refractivity contribution in [2.24, 2.45) is 0 Å². The van der Waals surface area contributed by atoms with Crippen molar-refractivity contribution in [3.05, 3.63) is 53.6 Å². The fraction of sp³-hybridized carbons (Fsp3) is 0.200. The lowest BCUT2D eigenvalue weighted by Gasteiger charge is -2.24. The minimum absolute atomic E-state index is 0.119. The van der Waals surface area contributed by atoms with Crippen molar-refractivity contribution in [3.63, 3.8) is 0 Å². The van der Waals surface area contributed by atoms with Crippen LogP contribution in [0.3, 0.4) is 0 Å². The molecule has 0 bridgehead atoms. The number of benzene rings is 2. The molecule has 2 aromatic carbocycles. The van der Waals surface area contributed by atoms with Gasteiger partial charge in [0.1, 0.15) is 0 Å². The second-order valence-corrected chi connectivity index (χ2v) is 4.80. The van der Waals surface area contributed by atoms with E-state index in [1.165, 1.54) is 12.1 Å². The topological polar surface area (TPSA) is 29.3 Å². The molecule has 0 aliphatic carbocycles. The molecule has 2 nitrogen and oxygen atoms in total. The first kappa shape index (κ1) is 12.8. The Labute approximate surface area is 114 Å². The second kappa shape index (κ2) is 4.44. The minimum Gasteiger partial charge on any atom is -0.399 e. The Bertz CT molecular complexity index is 650. The summed E-state index contributed by atoms with van der Waals surface area (Å²) in [5.41, 5.74) is 7.00. The molecule has 0 aromatic heterocycles. The van der Waals surface area contributed by atoms with E-state index in [-0.39, 0.29) is 11.4 Å². The number of alkyl halides is 3.